The van der Waals surface area contributed by atoms with Crippen molar-refractivity contribution in [2.75, 3.05) is 11.9 Å². The zero-order chi connectivity index (χ0) is 13.1. The summed E-state index contributed by atoms with van der Waals surface area (Å²) in [5, 5.41) is 9.98. The van der Waals surface area contributed by atoms with Crippen LogP contribution in [0.25, 0.3) is 0 Å². The quantitative estimate of drug-likeness (QED) is 0.901. The lowest BCUT2D eigenvalue weighted by molar-refractivity contribution is 0.0993. The molecule has 92 valence electrons. The molecule has 2 rings (SSSR count). The molecule has 0 spiro atoms. The summed E-state index contributed by atoms with van der Waals surface area (Å²) in [6.07, 6.45) is 0. The zero-order valence-corrected chi connectivity index (χ0v) is 10.6. The molecule has 0 unspecified atom stereocenters. The molecule has 0 bridgehead atoms. The van der Waals surface area contributed by atoms with Crippen molar-refractivity contribution >= 4 is 23.2 Å². The number of carbonyl (C=O) groups excluding carboxylic acids is 1. The van der Waals surface area contributed by atoms with Crippen molar-refractivity contribution in [3.63, 3.8) is 0 Å². The van der Waals surface area contributed by atoms with E-state index in [0.717, 1.165) is 0 Å². The molecule has 0 aromatic heterocycles. The van der Waals surface area contributed by atoms with Gasteiger partial charge in [0.2, 0.25) is 0 Å². The molecule has 1 amide bonds. The lowest BCUT2D eigenvalue weighted by Gasteiger charge is -2.17. The van der Waals surface area contributed by atoms with Crippen LogP contribution in [0, 0.1) is 0 Å². The summed E-state index contributed by atoms with van der Waals surface area (Å²) in [5.41, 5.74) is 1.18. The number of aromatic hydroxyl groups is 1. The average molecular weight is 262 g/mol. The first kappa shape index (κ1) is 12.5. The Kier molecular flexibility index (Phi) is 3.53. The Balaban J connectivity index is 2.26. The van der Waals surface area contributed by atoms with Gasteiger partial charge < -0.3 is 10.0 Å². The van der Waals surface area contributed by atoms with E-state index in [-0.39, 0.29) is 11.7 Å². The van der Waals surface area contributed by atoms with Crippen LogP contribution in [0.3, 0.4) is 0 Å². The van der Waals surface area contributed by atoms with Crippen molar-refractivity contribution < 1.29 is 9.90 Å². The molecule has 0 heterocycles. The number of hydrogen-bond donors (Lipinski definition) is 1. The maximum atomic E-state index is 12.2. The van der Waals surface area contributed by atoms with Crippen LogP contribution in [0.2, 0.25) is 5.02 Å². The standard InChI is InChI=1S/C14H12ClNO2/c1-16(12-3-2-4-13(17)9-12)14(18)10-5-7-11(15)8-6-10/h2-9,17H,1H3. The van der Waals surface area contributed by atoms with Crippen LogP contribution in [0.4, 0.5) is 5.69 Å². The number of benzene rings is 2. The summed E-state index contributed by atoms with van der Waals surface area (Å²) in [6, 6.07) is 13.2. The number of nitrogens with zero attached hydrogens (tertiary/aromatic N) is 1. The number of carbonyl (C=O) groups is 1. The highest BCUT2D eigenvalue weighted by molar-refractivity contribution is 6.30. The van der Waals surface area contributed by atoms with Crippen molar-refractivity contribution in [1.82, 2.24) is 0 Å². The first-order chi connectivity index (χ1) is 8.58. The minimum atomic E-state index is -0.155. The van der Waals surface area contributed by atoms with Crippen LogP contribution in [-0.4, -0.2) is 18.1 Å². The molecule has 0 aliphatic rings. The molecule has 0 aliphatic heterocycles. The van der Waals surface area contributed by atoms with Crippen LogP contribution >= 0.6 is 11.6 Å². The number of amides is 1. The van der Waals surface area contributed by atoms with E-state index in [2.05, 4.69) is 0 Å². The monoisotopic (exact) mass is 261 g/mol. The second-order valence-corrected chi connectivity index (χ2v) is 4.33. The Morgan fingerprint density at radius 3 is 2.44 bits per heavy atom. The van der Waals surface area contributed by atoms with Gasteiger partial charge in [-0.2, -0.15) is 0 Å². The van der Waals surface area contributed by atoms with Crippen molar-refractivity contribution in [2.45, 2.75) is 0 Å². The van der Waals surface area contributed by atoms with Crippen LogP contribution < -0.4 is 4.90 Å². The Labute approximate surface area is 110 Å². The predicted molar refractivity (Wildman–Crippen MR) is 72.3 cm³/mol. The maximum absolute atomic E-state index is 12.2. The second kappa shape index (κ2) is 5.10. The van der Waals surface area contributed by atoms with Crippen molar-refractivity contribution in [2.24, 2.45) is 0 Å². The van der Waals surface area contributed by atoms with Gasteiger partial charge in [-0.05, 0) is 36.4 Å². The molecule has 2 aromatic carbocycles. The van der Waals surface area contributed by atoms with Crippen molar-refractivity contribution in [1.29, 1.82) is 0 Å². The van der Waals surface area contributed by atoms with Gasteiger partial charge in [-0.1, -0.05) is 17.7 Å². The third kappa shape index (κ3) is 2.63. The Morgan fingerprint density at radius 2 is 1.83 bits per heavy atom. The fourth-order valence-corrected chi connectivity index (χ4v) is 1.73. The van der Waals surface area contributed by atoms with E-state index in [4.69, 9.17) is 11.6 Å². The molecule has 0 radical (unpaired) electrons. The second-order valence-electron chi connectivity index (χ2n) is 3.89. The molecule has 2 aromatic rings. The first-order valence-electron chi connectivity index (χ1n) is 5.40. The van der Waals surface area contributed by atoms with Gasteiger partial charge in [0.15, 0.2) is 0 Å². The van der Waals surface area contributed by atoms with Gasteiger partial charge in [0.05, 0.1) is 0 Å². The lowest BCUT2D eigenvalue weighted by Crippen LogP contribution is -2.25. The van der Waals surface area contributed by atoms with E-state index in [0.29, 0.717) is 16.3 Å². The topological polar surface area (TPSA) is 40.5 Å². The van der Waals surface area contributed by atoms with Crippen LogP contribution in [-0.2, 0) is 0 Å². The SMILES string of the molecule is CN(C(=O)c1ccc(Cl)cc1)c1cccc(O)c1. The fourth-order valence-electron chi connectivity index (χ4n) is 1.61. The molecule has 0 fully saturated rings. The summed E-state index contributed by atoms with van der Waals surface area (Å²) in [4.78, 5) is 13.6. The molecule has 0 aliphatic carbocycles. The first-order valence-corrected chi connectivity index (χ1v) is 5.78. The minimum absolute atomic E-state index is 0.128. The Morgan fingerprint density at radius 1 is 1.17 bits per heavy atom. The number of rotatable bonds is 2. The number of phenolic OH excluding ortho intramolecular Hbond substituents is 1. The van der Waals surface area contributed by atoms with Crippen molar-refractivity contribution in [3.05, 3.63) is 59.1 Å². The van der Waals surface area contributed by atoms with E-state index >= 15 is 0 Å². The molecule has 0 saturated heterocycles. The molecular weight excluding hydrogens is 250 g/mol. The van der Waals surface area contributed by atoms with E-state index in [1.807, 2.05) is 0 Å². The largest absolute Gasteiger partial charge is 0.508 e. The number of hydrogen-bond acceptors (Lipinski definition) is 2. The third-order valence-electron chi connectivity index (χ3n) is 2.61. The molecule has 18 heavy (non-hydrogen) atoms. The molecule has 0 atom stereocenters. The van der Waals surface area contributed by atoms with Gasteiger partial charge in [-0.15, -0.1) is 0 Å². The third-order valence-corrected chi connectivity index (χ3v) is 2.86. The number of phenols is 1. The van der Waals surface area contributed by atoms with Gasteiger partial charge in [0.25, 0.3) is 5.91 Å². The molecule has 0 saturated carbocycles. The van der Waals surface area contributed by atoms with Gasteiger partial charge >= 0.3 is 0 Å². The predicted octanol–water partition coefficient (Wildman–Crippen LogP) is 3.32. The van der Waals surface area contributed by atoms with Gasteiger partial charge in [0, 0.05) is 29.4 Å². The average Bonchev–Trinajstić information content (AvgIpc) is 2.38. The highest BCUT2D eigenvalue weighted by atomic mass is 35.5. The zero-order valence-electron chi connectivity index (χ0n) is 9.80. The molecular formula is C14H12ClNO2. The molecule has 3 nitrogen and oxygen atoms in total. The van der Waals surface area contributed by atoms with E-state index < -0.39 is 0 Å². The summed E-state index contributed by atoms with van der Waals surface area (Å²) >= 11 is 5.78. The maximum Gasteiger partial charge on any atom is 0.258 e. The van der Waals surface area contributed by atoms with Crippen molar-refractivity contribution in [3.8, 4) is 5.75 Å². The Hall–Kier alpha value is -2.00. The van der Waals surface area contributed by atoms with Crippen LogP contribution in [0.15, 0.2) is 48.5 Å². The summed E-state index contributed by atoms with van der Waals surface area (Å²) < 4.78 is 0. The van der Waals surface area contributed by atoms with Crippen LogP contribution in [0.1, 0.15) is 10.4 Å². The summed E-state index contributed by atoms with van der Waals surface area (Å²) in [5.74, 6) is -0.0273. The van der Waals surface area contributed by atoms with Gasteiger partial charge in [0.1, 0.15) is 5.75 Å². The van der Waals surface area contributed by atoms with E-state index in [9.17, 15) is 9.90 Å². The van der Waals surface area contributed by atoms with Gasteiger partial charge in [-0.3, -0.25) is 4.79 Å². The number of halogens is 1. The normalized spacial score (nSPS) is 10.1. The summed E-state index contributed by atoms with van der Waals surface area (Å²) in [6.45, 7) is 0. The van der Waals surface area contributed by atoms with Crippen LogP contribution in [0.5, 0.6) is 5.75 Å². The highest BCUT2D eigenvalue weighted by Gasteiger charge is 2.13. The van der Waals surface area contributed by atoms with E-state index in [1.165, 1.54) is 11.0 Å². The van der Waals surface area contributed by atoms with E-state index in [1.54, 1.807) is 49.5 Å². The Bertz CT molecular complexity index is 566. The van der Waals surface area contributed by atoms with Gasteiger partial charge in [-0.25, -0.2) is 0 Å². The highest BCUT2D eigenvalue weighted by Crippen LogP contribution is 2.21. The molecule has 1 N–H and O–H groups in total. The lowest BCUT2D eigenvalue weighted by atomic mass is 10.2. The minimum Gasteiger partial charge on any atom is -0.508 e. The fraction of sp³-hybridized carbons (Fsp3) is 0.0714. The number of anilines is 1. The smallest absolute Gasteiger partial charge is 0.258 e. The summed E-state index contributed by atoms with van der Waals surface area (Å²) in [7, 11) is 1.66. The molecule has 4 heteroatoms.